The molecule has 0 saturated carbocycles. The minimum absolute atomic E-state index is 0.0561. The summed E-state index contributed by atoms with van der Waals surface area (Å²) in [6.07, 6.45) is 1.68. The van der Waals surface area contributed by atoms with E-state index in [1.54, 1.807) is 23.5 Å². The van der Waals surface area contributed by atoms with Crippen molar-refractivity contribution in [3.63, 3.8) is 0 Å². The first kappa shape index (κ1) is 21.0. The van der Waals surface area contributed by atoms with Crippen molar-refractivity contribution in [2.75, 3.05) is 13.1 Å². The molecule has 0 aliphatic carbocycles. The molecule has 2 rings (SSSR count). The van der Waals surface area contributed by atoms with Crippen LogP contribution in [0.4, 0.5) is 0 Å². The number of halogens is 1. The van der Waals surface area contributed by atoms with Crippen LogP contribution >= 0.6 is 27.3 Å². The van der Waals surface area contributed by atoms with Gasteiger partial charge in [0.2, 0.25) is 15.9 Å². The minimum Gasteiger partial charge on any atom is -0.356 e. The van der Waals surface area contributed by atoms with Gasteiger partial charge in [-0.05, 0) is 37.6 Å². The van der Waals surface area contributed by atoms with Gasteiger partial charge in [0.1, 0.15) is 0 Å². The molecule has 0 aliphatic heterocycles. The van der Waals surface area contributed by atoms with Gasteiger partial charge in [0.25, 0.3) is 0 Å². The summed E-state index contributed by atoms with van der Waals surface area (Å²) >= 11 is 4.92. The number of nitrogens with one attached hydrogen (secondary N) is 2. The summed E-state index contributed by atoms with van der Waals surface area (Å²) in [6, 6.07) is 6.33. The Bertz CT molecular complexity index is 849. The van der Waals surface area contributed by atoms with Crippen molar-refractivity contribution < 1.29 is 13.2 Å². The first-order chi connectivity index (χ1) is 12.3. The Morgan fingerprint density at radius 2 is 1.92 bits per heavy atom. The van der Waals surface area contributed by atoms with Gasteiger partial charge in [0, 0.05) is 35.3 Å². The fourth-order valence-electron chi connectivity index (χ4n) is 2.32. The van der Waals surface area contributed by atoms with Crippen LogP contribution in [0.1, 0.15) is 28.9 Å². The van der Waals surface area contributed by atoms with Gasteiger partial charge in [-0.3, -0.25) is 4.79 Å². The van der Waals surface area contributed by atoms with Crippen molar-refractivity contribution in [1.29, 1.82) is 0 Å². The number of nitrogens with zero attached hydrogens (tertiary/aromatic N) is 1. The lowest BCUT2D eigenvalue weighted by atomic mass is 10.3. The number of hydrogen-bond donors (Lipinski definition) is 2. The highest BCUT2D eigenvalue weighted by Crippen LogP contribution is 2.18. The maximum Gasteiger partial charge on any atom is 0.240 e. The van der Waals surface area contributed by atoms with E-state index >= 15 is 0 Å². The Morgan fingerprint density at radius 1 is 1.23 bits per heavy atom. The average Bonchev–Trinajstić information content (AvgIpc) is 2.95. The normalized spacial score (nSPS) is 11.5. The SMILES string of the molecule is CCc1nc(CCNC(=O)CCNS(=O)(=O)c2ccc(Br)cc2)sc1C. The second-order valence-electron chi connectivity index (χ2n) is 5.67. The van der Waals surface area contributed by atoms with Crippen LogP contribution in [0.5, 0.6) is 0 Å². The van der Waals surface area contributed by atoms with Gasteiger partial charge < -0.3 is 5.32 Å². The fourth-order valence-corrected chi connectivity index (χ4v) is 4.63. The lowest BCUT2D eigenvalue weighted by molar-refractivity contribution is -0.120. The van der Waals surface area contributed by atoms with Crippen molar-refractivity contribution in [1.82, 2.24) is 15.0 Å². The van der Waals surface area contributed by atoms with E-state index in [-0.39, 0.29) is 23.8 Å². The first-order valence-corrected chi connectivity index (χ1v) is 11.4. The number of amides is 1. The van der Waals surface area contributed by atoms with Gasteiger partial charge in [-0.25, -0.2) is 18.1 Å². The summed E-state index contributed by atoms with van der Waals surface area (Å²) < 4.78 is 27.5. The van der Waals surface area contributed by atoms with Crippen molar-refractivity contribution >= 4 is 43.2 Å². The maximum atomic E-state index is 12.1. The van der Waals surface area contributed by atoms with E-state index in [0.717, 1.165) is 21.6 Å². The Morgan fingerprint density at radius 3 is 2.54 bits per heavy atom. The molecule has 1 heterocycles. The Kier molecular flexibility index (Phi) is 7.75. The van der Waals surface area contributed by atoms with Crippen LogP contribution in [-0.2, 0) is 27.7 Å². The van der Waals surface area contributed by atoms with E-state index in [4.69, 9.17) is 0 Å². The van der Waals surface area contributed by atoms with Crippen molar-refractivity contribution in [3.05, 3.63) is 44.3 Å². The van der Waals surface area contributed by atoms with Crippen molar-refractivity contribution in [2.24, 2.45) is 0 Å². The van der Waals surface area contributed by atoms with Crippen LogP contribution in [0, 0.1) is 6.92 Å². The van der Waals surface area contributed by atoms with E-state index in [0.29, 0.717) is 13.0 Å². The molecule has 0 atom stereocenters. The predicted molar refractivity (Wildman–Crippen MR) is 107 cm³/mol. The molecule has 0 saturated heterocycles. The van der Waals surface area contributed by atoms with Crippen LogP contribution in [0.2, 0.25) is 0 Å². The maximum absolute atomic E-state index is 12.1. The third-order valence-corrected chi connectivity index (χ3v) is 6.78. The number of thiazole rings is 1. The molecule has 26 heavy (non-hydrogen) atoms. The van der Waals surface area contributed by atoms with E-state index < -0.39 is 10.0 Å². The van der Waals surface area contributed by atoms with Crippen molar-refractivity contribution in [3.8, 4) is 0 Å². The van der Waals surface area contributed by atoms with Crippen LogP contribution in [0.15, 0.2) is 33.6 Å². The smallest absolute Gasteiger partial charge is 0.240 e. The topological polar surface area (TPSA) is 88.2 Å². The summed E-state index contributed by atoms with van der Waals surface area (Å²) in [5.41, 5.74) is 1.11. The lowest BCUT2D eigenvalue weighted by Gasteiger charge is -2.07. The number of rotatable bonds is 9. The largest absolute Gasteiger partial charge is 0.356 e. The van der Waals surface area contributed by atoms with Gasteiger partial charge in [-0.1, -0.05) is 22.9 Å². The van der Waals surface area contributed by atoms with E-state index in [1.165, 1.54) is 17.0 Å². The molecule has 9 heteroatoms. The molecule has 1 amide bonds. The van der Waals surface area contributed by atoms with E-state index in [1.807, 2.05) is 0 Å². The number of aryl methyl sites for hydroxylation is 2. The first-order valence-electron chi connectivity index (χ1n) is 8.29. The molecule has 0 aliphatic rings. The fraction of sp³-hybridized carbons (Fsp3) is 0.412. The number of hydrogen-bond acceptors (Lipinski definition) is 5. The van der Waals surface area contributed by atoms with Gasteiger partial charge in [-0.15, -0.1) is 11.3 Å². The molecule has 2 N–H and O–H groups in total. The standard InChI is InChI=1S/C17H22BrN3O3S2/c1-3-15-12(2)25-17(21-15)9-10-19-16(22)8-11-20-26(23,24)14-6-4-13(18)5-7-14/h4-7,20H,3,8-11H2,1-2H3,(H,19,22). The predicted octanol–water partition coefficient (Wildman–Crippen LogP) is 2.80. The van der Waals surface area contributed by atoms with Gasteiger partial charge >= 0.3 is 0 Å². The molecular formula is C17H22BrN3O3S2. The Balaban J connectivity index is 1.72. The quantitative estimate of drug-likeness (QED) is 0.603. The monoisotopic (exact) mass is 459 g/mol. The molecule has 0 spiro atoms. The Hall–Kier alpha value is -1.29. The summed E-state index contributed by atoms with van der Waals surface area (Å²) in [4.78, 5) is 17.8. The zero-order valence-electron chi connectivity index (χ0n) is 14.7. The molecule has 0 unspecified atom stereocenters. The van der Waals surface area contributed by atoms with Gasteiger partial charge in [-0.2, -0.15) is 0 Å². The second kappa shape index (κ2) is 9.59. The summed E-state index contributed by atoms with van der Waals surface area (Å²) in [7, 11) is -3.60. The van der Waals surface area contributed by atoms with Crippen LogP contribution in [0.3, 0.4) is 0 Å². The molecule has 6 nitrogen and oxygen atoms in total. The molecular weight excluding hydrogens is 438 g/mol. The zero-order chi connectivity index (χ0) is 19.2. The van der Waals surface area contributed by atoms with Crippen LogP contribution in [-0.4, -0.2) is 32.4 Å². The van der Waals surface area contributed by atoms with Crippen LogP contribution < -0.4 is 10.0 Å². The highest BCUT2D eigenvalue weighted by atomic mass is 79.9. The average molecular weight is 460 g/mol. The van der Waals surface area contributed by atoms with Gasteiger partial charge in [0.05, 0.1) is 15.6 Å². The van der Waals surface area contributed by atoms with Crippen LogP contribution in [0.25, 0.3) is 0 Å². The molecule has 0 radical (unpaired) electrons. The van der Waals surface area contributed by atoms with Gasteiger partial charge in [0.15, 0.2) is 0 Å². The highest BCUT2D eigenvalue weighted by Gasteiger charge is 2.14. The zero-order valence-corrected chi connectivity index (χ0v) is 17.9. The molecule has 1 aromatic carbocycles. The summed E-state index contributed by atoms with van der Waals surface area (Å²) in [6.45, 7) is 4.67. The highest BCUT2D eigenvalue weighted by molar-refractivity contribution is 9.10. The Labute approximate surface area is 166 Å². The van der Waals surface area contributed by atoms with E-state index in [2.05, 4.69) is 44.8 Å². The molecule has 0 bridgehead atoms. The molecule has 1 aromatic heterocycles. The summed E-state index contributed by atoms with van der Waals surface area (Å²) in [5, 5.41) is 3.81. The third-order valence-electron chi connectivity index (χ3n) is 3.70. The third kappa shape index (κ3) is 6.15. The molecule has 142 valence electrons. The number of carbonyl (C=O) groups is 1. The minimum atomic E-state index is -3.60. The number of benzene rings is 1. The summed E-state index contributed by atoms with van der Waals surface area (Å²) in [5.74, 6) is -0.188. The lowest BCUT2D eigenvalue weighted by Crippen LogP contribution is -2.31. The molecule has 0 fully saturated rings. The van der Waals surface area contributed by atoms with Crippen molar-refractivity contribution in [2.45, 2.75) is 38.0 Å². The number of aromatic nitrogens is 1. The second-order valence-corrected chi connectivity index (χ2v) is 9.64. The molecule has 2 aromatic rings. The van der Waals surface area contributed by atoms with E-state index in [9.17, 15) is 13.2 Å². The number of sulfonamides is 1. The number of carbonyl (C=O) groups excluding carboxylic acids is 1.